The lowest BCUT2D eigenvalue weighted by molar-refractivity contribution is -0.129. The number of rotatable bonds is 4. The third-order valence-corrected chi connectivity index (χ3v) is 3.91. The minimum absolute atomic E-state index is 0.0144. The number of hydrogen-bond acceptors (Lipinski definition) is 3. The molecule has 1 heterocycles. The standard InChI is InChI=1S/C15H19ClN2O3/c1-17(14(19)9-16)13-7-8-18(10-13)15(20)21-11-12-5-3-2-4-6-12/h2-6,13H,7-11H2,1H3/t13-/m0/s1. The molecule has 6 heteroatoms. The summed E-state index contributed by atoms with van der Waals surface area (Å²) in [6.07, 6.45) is 0.410. The number of alkyl halides is 1. The van der Waals surface area contributed by atoms with E-state index < -0.39 is 0 Å². The average Bonchev–Trinajstić information content (AvgIpc) is 3.02. The third-order valence-electron chi connectivity index (χ3n) is 3.68. The highest BCUT2D eigenvalue weighted by Gasteiger charge is 2.31. The second-order valence-corrected chi connectivity index (χ2v) is 5.33. The highest BCUT2D eigenvalue weighted by molar-refractivity contribution is 6.27. The minimum Gasteiger partial charge on any atom is -0.445 e. The van der Waals surface area contributed by atoms with E-state index in [0.717, 1.165) is 12.0 Å². The maximum atomic E-state index is 12.0. The molecule has 0 aromatic heterocycles. The molecule has 0 radical (unpaired) electrons. The van der Waals surface area contributed by atoms with E-state index >= 15 is 0 Å². The number of carbonyl (C=O) groups is 2. The van der Waals surface area contributed by atoms with Crippen LogP contribution < -0.4 is 0 Å². The van der Waals surface area contributed by atoms with E-state index in [2.05, 4.69) is 0 Å². The van der Waals surface area contributed by atoms with Gasteiger partial charge in [0.25, 0.3) is 0 Å². The molecule has 0 saturated carbocycles. The lowest BCUT2D eigenvalue weighted by atomic mass is 10.2. The van der Waals surface area contributed by atoms with Crippen LogP contribution in [0.2, 0.25) is 0 Å². The Labute approximate surface area is 129 Å². The Kier molecular flexibility index (Phi) is 5.44. The van der Waals surface area contributed by atoms with Gasteiger partial charge in [0.05, 0.1) is 6.04 Å². The Hall–Kier alpha value is -1.75. The maximum absolute atomic E-state index is 12.0. The second kappa shape index (κ2) is 7.31. The van der Waals surface area contributed by atoms with Crippen molar-refractivity contribution in [3.8, 4) is 0 Å². The van der Waals surface area contributed by atoms with E-state index in [9.17, 15) is 9.59 Å². The predicted octanol–water partition coefficient (Wildman–Crippen LogP) is 2.09. The molecule has 1 aliphatic rings. The summed E-state index contributed by atoms with van der Waals surface area (Å²) in [5.74, 6) is -0.160. The number of hydrogen-bond donors (Lipinski definition) is 0. The van der Waals surface area contributed by atoms with Crippen LogP contribution in [0.4, 0.5) is 4.79 Å². The fourth-order valence-electron chi connectivity index (χ4n) is 2.33. The average molecular weight is 311 g/mol. The van der Waals surface area contributed by atoms with E-state index in [1.807, 2.05) is 30.3 Å². The van der Waals surface area contributed by atoms with Gasteiger partial charge in [0.2, 0.25) is 5.91 Å². The van der Waals surface area contributed by atoms with Gasteiger partial charge in [-0.05, 0) is 12.0 Å². The molecule has 1 aliphatic heterocycles. The molecular formula is C15H19ClN2O3. The van der Waals surface area contributed by atoms with Crippen LogP contribution in [0.3, 0.4) is 0 Å². The summed E-state index contributed by atoms with van der Waals surface area (Å²) >= 11 is 5.55. The first-order valence-electron chi connectivity index (χ1n) is 6.89. The zero-order chi connectivity index (χ0) is 15.2. The molecule has 21 heavy (non-hydrogen) atoms. The first-order chi connectivity index (χ1) is 10.1. The molecule has 0 unspecified atom stereocenters. The molecule has 114 valence electrons. The SMILES string of the molecule is CN(C(=O)CCl)[C@H]1CCN(C(=O)OCc2ccccc2)C1. The van der Waals surface area contributed by atoms with Crippen molar-refractivity contribution in [2.24, 2.45) is 0 Å². The maximum Gasteiger partial charge on any atom is 0.410 e. The molecule has 1 saturated heterocycles. The molecular weight excluding hydrogens is 292 g/mol. The van der Waals surface area contributed by atoms with Crippen LogP contribution in [0.1, 0.15) is 12.0 Å². The van der Waals surface area contributed by atoms with Crippen molar-refractivity contribution in [3.05, 3.63) is 35.9 Å². The molecule has 0 bridgehead atoms. The largest absolute Gasteiger partial charge is 0.445 e. The number of likely N-dealkylation sites (N-methyl/N-ethyl adjacent to an activating group) is 1. The topological polar surface area (TPSA) is 49.9 Å². The first kappa shape index (κ1) is 15.6. The van der Waals surface area contributed by atoms with Crippen LogP contribution in [0.5, 0.6) is 0 Å². The fourth-order valence-corrected chi connectivity index (χ4v) is 2.52. The zero-order valence-corrected chi connectivity index (χ0v) is 12.8. The highest BCUT2D eigenvalue weighted by atomic mass is 35.5. The molecule has 1 fully saturated rings. The van der Waals surface area contributed by atoms with Crippen LogP contribution >= 0.6 is 11.6 Å². The molecule has 5 nitrogen and oxygen atoms in total. The van der Waals surface area contributed by atoms with Gasteiger partial charge in [-0.3, -0.25) is 4.79 Å². The molecule has 1 atom stereocenters. The Bertz CT molecular complexity index is 495. The smallest absolute Gasteiger partial charge is 0.410 e. The Balaban J connectivity index is 1.81. The number of likely N-dealkylation sites (tertiary alicyclic amines) is 1. The fraction of sp³-hybridized carbons (Fsp3) is 0.467. The lowest BCUT2D eigenvalue weighted by Crippen LogP contribution is -2.40. The summed E-state index contributed by atoms with van der Waals surface area (Å²) in [6, 6.07) is 9.56. The van der Waals surface area contributed by atoms with Gasteiger partial charge in [-0.15, -0.1) is 11.6 Å². The third kappa shape index (κ3) is 4.11. The van der Waals surface area contributed by atoms with Crippen molar-refractivity contribution >= 4 is 23.6 Å². The lowest BCUT2D eigenvalue weighted by Gasteiger charge is -2.24. The van der Waals surface area contributed by atoms with E-state index in [-0.39, 0.29) is 30.5 Å². The zero-order valence-electron chi connectivity index (χ0n) is 12.0. The van der Waals surface area contributed by atoms with Gasteiger partial charge in [0, 0.05) is 20.1 Å². The summed E-state index contributed by atoms with van der Waals surface area (Å²) in [5.41, 5.74) is 0.955. The van der Waals surface area contributed by atoms with Gasteiger partial charge in [0.15, 0.2) is 0 Å². The van der Waals surface area contributed by atoms with Crippen LogP contribution in [-0.4, -0.2) is 53.9 Å². The van der Waals surface area contributed by atoms with Crippen LogP contribution in [0.15, 0.2) is 30.3 Å². The first-order valence-corrected chi connectivity index (χ1v) is 7.42. The van der Waals surface area contributed by atoms with Gasteiger partial charge in [-0.2, -0.15) is 0 Å². The molecule has 0 spiro atoms. The van der Waals surface area contributed by atoms with E-state index in [1.165, 1.54) is 0 Å². The van der Waals surface area contributed by atoms with Gasteiger partial charge in [-0.25, -0.2) is 4.79 Å². The second-order valence-electron chi connectivity index (χ2n) is 5.07. The minimum atomic E-state index is -0.340. The van der Waals surface area contributed by atoms with Gasteiger partial charge in [-0.1, -0.05) is 30.3 Å². The van der Waals surface area contributed by atoms with Gasteiger partial charge < -0.3 is 14.5 Å². The van der Waals surface area contributed by atoms with Crippen molar-refractivity contribution in [1.82, 2.24) is 9.80 Å². The molecule has 0 aliphatic carbocycles. The summed E-state index contributed by atoms with van der Waals surface area (Å²) < 4.78 is 5.28. The predicted molar refractivity (Wildman–Crippen MR) is 80.1 cm³/mol. The summed E-state index contributed by atoms with van der Waals surface area (Å²) in [6.45, 7) is 1.35. The van der Waals surface area contributed by atoms with Crippen molar-refractivity contribution in [2.75, 3.05) is 26.0 Å². The van der Waals surface area contributed by atoms with Crippen molar-refractivity contribution in [2.45, 2.75) is 19.1 Å². The molecule has 0 N–H and O–H groups in total. The highest BCUT2D eigenvalue weighted by Crippen LogP contribution is 2.16. The number of carbonyl (C=O) groups excluding carboxylic acids is 2. The van der Waals surface area contributed by atoms with Crippen molar-refractivity contribution in [3.63, 3.8) is 0 Å². The summed E-state index contributed by atoms with van der Waals surface area (Å²) in [4.78, 5) is 26.8. The monoisotopic (exact) mass is 310 g/mol. The molecule has 1 aromatic rings. The quantitative estimate of drug-likeness (QED) is 0.800. The Morgan fingerprint density at radius 1 is 1.38 bits per heavy atom. The Morgan fingerprint density at radius 3 is 2.76 bits per heavy atom. The number of nitrogens with zero attached hydrogens (tertiary/aromatic N) is 2. The van der Waals surface area contributed by atoms with Gasteiger partial charge in [0.1, 0.15) is 12.5 Å². The van der Waals surface area contributed by atoms with Crippen LogP contribution in [0.25, 0.3) is 0 Å². The van der Waals surface area contributed by atoms with Gasteiger partial charge >= 0.3 is 6.09 Å². The number of benzene rings is 1. The number of ether oxygens (including phenoxy) is 1. The van der Waals surface area contributed by atoms with Crippen LogP contribution in [0, 0.1) is 0 Å². The van der Waals surface area contributed by atoms with E-state index in [4.69, 9.17) is 16.3 Å². The van der Waals surface area contributed by atoms with E-state index in [1.54, 1.807) is 16.8 Å². The molecule has 2 rings (SSSR count). The summed E-state index contributed by atoms with van der Waals surface area (Å²) in [5, 5.41) is 0. The normalized spacial score (nSPS) is 17.6. The number of amides is 2. The van der Waals surface area contributed by atoms with Crippen LogP contribution in [-0.2, 0) is 16.1 Å². The van der Waals surface area contributed by atoms with E-state index in [0.29, 0.717) is 13.1 Å². The Morgan fingerprint density at radius 2 is 2.10 bits per heavy atom. The number of halogens is 1. The summed E-state index contributed by atoms with van der Waals surface area (Å²) in [7, 11) is 1.72. The van der Waals surface area contributed by atoms with Crippen molar-refractivity contribution < 1.29 is 14.3 Å². The molecule has 1 aromatic carbocycles. The molecule has 2 amide bonds. The van der Waals surface area contributed by atoms with Crippen molar-refractivity contribution in [1.29, 1.82) is 0 Å².